The topological polar surface area (TPSA) is 75.6 Å². The molecule has 2 atom stereocenters. The molecule has 1 amide bonds. The molecule has 208 valence electrons. The van der Waals surface area contributed by atoms with Gasteiger partial charge >= 0.3 is 5.97 Å². The molecule has 2 aromatic rings. The van der Waals surface area contributed by atoms with Gasteiger partial charge in [0.15, 0.2) is 0 Å². The van der Waals surface area contributed by atoms with Crippen LogP contribution in [0, 0.1) is 12.8 Å². The van der Waals surface area contributed by atoms with Crippen LogP contribution in [0.5, 0.6) is 0 Å². The van der Waals surface area contributed by atoms with Crippen molar-refractivity contribution in [2.75, 3.05) is 23.5 Å². The van der Waals surface area contributed by atoms with E-state index in [4.69, 9.17) is 4.74 Å². The first-order valence-corrected chi connectivity index (χ1v) is 16.4. The lowest BCUT2D eigenvalue weighted by Gasteiger charge is -2.26. The summed E-state index contributed by atoms with van der Waals surface area (Å²) in [7, 11) is 0. The molecule has 0 spiro atoms. The first-order chi connectivity index (χ1) is 18.4. The van der Waals surface area contributed by atoms with Crippen LogP contribution in [0.4, 0.5) is 0 Å². The Morgan fingerprint density at radius 2 is 1.87 bits per heavy atom. The maximum absolute atomic E-state index is 13.3. The van der Waals surface area contributed by atoms with E-state index >= 15 is 0 Å². The van der Waals surface area contributed by atoms with Crippen LogP contribution in [0.2, 0.25) is 0 Å². The molecular weight excluding hydrogens is 514 g/mol. The van der Waals surface area contributed by atoms with Gasteiger partial charge in [-0.3, -0.25) is 4.79 Å². The van der Waals surface area contributed by atoms with Crippen molar-refractivity contribution in [1.29, 1.82) is 0 Å². The summed E-state index contributed by atoms with van der Waals surface area (Å²) in [5.41, 5.74) is 4.34. The molecule has 1 aliphatic rings. The van der Waals surface area contributed by atoms with Crippen LogP contribution in [0.25, 0.3) is 11.1 Å². The highest BCUT2D eigenvalue weighted by Crippen LogP contribution is 2.31. The van der Waals surface area contributed by atoms with Crippen molar-refractivity contribution in [2.24, 2.45) is 5.92 Å². The molecule has 0 aliphatic heterocycles. The molecule has 2 N–H and O–H groups in total. The SMILES string of the molecule is CCSCC(CC1CCCCC1)OCc1ccc(C(=O)N[C@@H](CCSC)C(=O)O)c(-c2ccccc2C)c1. The lowest BCUT2D eigenvalue weighted by molar-refractivity contribution is -0.139. The third-order valence-electron chi connectivity index (χ3n) is 7.29. The van der Waals surface area contributed by atoms with Crippen LogP contribution >= 0.6 is 23.5 Å². The summed E-state index contributed by atoms with van der Waals surface area (Å²) in [6.45, 7) is 4.71. The summed E-state index contributed by atoms with van der Waals surface area (Å²) in [6, 6.07) is 12.9. The van der Waals surface area contributed by atoms with Crippen LogP contribution in [-0.4, -0.2) is 52.6 Å². The number of benzene rings is 2. The predicted octanol–water partition coefficient (Wildman–Crippen LogP) is 7.21. The smallest absolute Gasteiger partial charge is 0.326 e. The number of ether oxygens (including phenoxy) is 1. The van der Waals surface area contributed by atoms with Gasteiger partial charge in [-0.25, -0.2) is 4.79 Å². The Morgan fingerprint density at radius 3 is 2.55 bits per heavy atom. The quantitative estimate of drug-likeness (QED) is 0.241. The molecule has 0 saturated heterocycles. The van der Waals surface area contributed by atoms with Crippen LogP contribution in [0.3, 0.4) is 0 Å². The van der Waals surface area contributed by atoms with Crippen molar-refractivity contribution < 1.29 is 19.4 Å². The second kappa shape index (κ2) is 16.2. The van der Waals surface area contributed by atoms with Crippen LogP contribution in [-0.2, 0) is 16.1 Å². The van der Waals surface area contributed by atoms with Crippen LogP contribution < -0.4 is 5.32 Å². The highest BCUT2D eigenvalue weighted by Gasteiger charge is 2.23. The second-order valence-electron chi connectivity index (χ2n) is 10.2. The molecule has 1 aliphatic carbocycles. The number of thioether (sulfide) groups is 2. The minimum Gasteiger partial charge on any atom is -0.480 e. The Morgan fingerprint density at radius 1 is 1.11 bits per heavy atom. The Balaban J connectivity index is 1.82. The lowest BCUT2D eigenvalue weighted by Crippen LogP contribution is -2.41. The predicted molar refractivity (Wildman–Crippen MR) is 161 cm³/mol. The minimum atomic E-state index is -1.01. The average molecular weight is 558 g/mol. The summed E-state index contributed by atoms with van der Waals surface area (Å²) in [6.07, 6.45) is 10.3. The van der Waals surface area contributed by atoms with Gasteiger partial charge < -0.3 is 15.2 Å². The summed E-state index contributed by atoms with van der Waals surface area (Å²) in [5.74, 6) is 2.14. The number of carbonyl (C=O) groups excluding carboxylic acids is 1. The first kappa shape index (κ1) is 30.6. The maximum atomic E-state index is 13.3. The van der Waals surface area contributed by atoms with E-state index in [0.29, 0.717) is 24.3 Å². The number of rotatable bonds is 15. The van der Waals surface area contributed by atoms with E-state index in [9.17, 15) is 14.7 Å². The largest absolute Gasteiger partial charge is 0.480 e. The standard InChI is InChI=1S/C31H43NO4S2/c1-4-38-21-25(18-23-11-6-5-7-12-23)36-20-24-14-15-27(28(19-24)26-13-9-8-10-22(26)2)30(33)32-29(31(34)35)16-17-37-3/h8-10,13-15,19,23,25,29H,4-7,11-12,16-18,20-21H2,1-3H3,(H,32,33)(H,34,35)/t25?,29-/m0/s1. The number of carboxylic acid groups (broad SMARTS) is 1. The number of aryl methyl sites for hydroxylation is 1. The van der Waals surface area contributed by atoms with Gasteiger partial charge in [-0.1, -0.05) is 69.4 Å². The molecule has 5 nitrogen and oxygen atoms in total. The molecule has 0 radical (unpaired) electrons. The van der Waals surface area contributed by atoms with Crippen LogP contribution in [0.1, 0.15) is 73.4 Å². The summed E-state index contributed by atoms with van der Waals surface area (Å²) in [5, 5.41) is 12.4. The van der Waals surface area contributed by atoms with E-state index in [-0.39, 0.29) is 12.0 Å². The highest BCUT2D eigenvalue weighted by molar-refractivity contribution is 7.99. The maximum Gasteiger partial charge on any atom is 0.326 e. The zero-order valence-corrected chi connectivity index (χ0v) is 24.7. The molecule has 38 heavy (non-hydrogen) atoms. The Kier molecular flexibility index (Phi) is 13.0. The second-order valence-corrected chi connectivity index (χ2v) is 12.5. The van der Waals surface area contributed by atoms with Gasteiger partial charge in [0.05, 0.1) is 12.7 Å². The molecule has 3 rings (SSSR count). The molecule has 0 heterocycles. The van der Waals surface area contributed by atoms with Gasteiger partial charge in [0.1, 0.15) is 6.04 Å². The van der Waals surface area contributed by atoms with E-state index in [1.807, 2.05) is 67.4 Å². The summed E-state index contributed by atoms with van der Waals surface area (Å²) >= 11 is 3.50. The fourth-order valence-corrected chi connectivity index (χ4v) is 6.35. The number of carboxylic acids is 1. The number of nitrogens with one attached hydrogen (secondary N) is 1. The number of hydrogen-bond donors (Lipinski definition) is 2. The molecule has 7 heteroatoms. The van der Waals surface area contributed by atoms with Crippen molar-refractivity contribution in [1.82, 2.24) is 5.32 Å². The molecule has 1 saturated carbocycles. The van der Waals surface area contributed by atoms with Crippen LogP contribution in [0.15, 0.2) is 42.5 Å². The van der Waals surface area contributed by atoms with E-state index in [1.54, 1.807) is 11.8 Å². The van der Waals surface area contributed by atoms with E-state index in [0.717, 1.165) is 46.1 Å². The zero-order valence-electron chi connectivity index (χ0n) is 23.0. The van der Waals surface area contributed by atoms with E-state index in [1.165, 1.54) is 32.1 Å². The molecule has 1 fully saturated rings. The van der Waals surface area contributed by atoms with Crippen molar-refractivity contribution in [3.05, 3.63) is 59.2 Å². The zero-order chi connectivity index (χ0) is 27.3. The van der Waals surface area contributed by atoms with Gasteiger partial charge in [0.25, 0.3) is 5.91 Å². The van der Waals surface area contributed by atoms with Gasteiger partial charge in [0, 0.05) is 11.3 Å². The van der Waals surface area contributed by atoms with Crippen molar-refractivity contribution in [2.45, 2.75) is 77.5 Å². The van der Waals surface area contributed by atoms with Gasteiger partial charge in [-0.15, -0.1) is 0 Å². The van der Waals surface area contributed by atoms with Crippen molar-refractivity contribution in [3.63, 3.8) is 0 Å². The average Bonchev–Trinajstić information content (AvgIpc) is 2.93. The fourth-order valence-electron chi connectivity index (χ4n) is 5.15. The Hall–Kier alpha value is -1.96. The number of carbonyl (C=O) groups is 2. The molecule has 0 aromatic heterocycles. The lowest BCUT2D eigenvalue weighted by atomic mass is 9.85. The number of amides is 1. The number of aliphatic carboxylic acids is 1. The number of hydrogen-bond acceptors (Lipinski definition) is 5. The van der Waals surface area contributed by atoms with Crippen molar-refractivity contribution in [3.8, 4) is 11.1 Å². The van der Waals surface area contributed by atoms with Gasteiger partial charge in [-0.05, 0) is 77.8 Å². The first-order valence-electron chi connectivity index (χ1n) is 13.8. The molecule has 2 aromatic carbocycles. The molecular formula is C31H43NO4S2. The summed E-state index contributed by atoms with van der Waals surface area (Å²) in [4.78, 5) is 25.1. The molecule has 0 bridgehead atoms. The Bertz CT molecular complexity index is 1040. The van der Waals surface area contributed by atoms with Crippen molar-refractivity contribution >= 4 is 35.4 Å². The minimum absolute atomic E-state index is 0.223. The van der Waals surface area contributed by atoms with Gasteiger partial charge in [-0.2, -0.15) is 23.5 Å². The third-order valence-corrected chi connectivity index (χ3v) is 8.95. The van der Waals surface area contributed by atoms with E-state index < -0.39 is 12.0 Å². The summed E-state index contributed by atoms with van der Waals surface area (Å²) < 4.78 is 6.49. The monoisotopic (exact) mass is 557 g/mol. The van der Waals surface area contributed by atoms with Gasteiger partial charge in [0.2, 0.25) is 0 Å². The Labute approximate surface area is 236 Å². The fraction of sp³-hybridized carbons (Fsp3) is 0.548. The highest BCUT2D eigenvalue weighted by atomic mass is 32.2. The normalized spacial score (nSPS) is 15.7. The molecule has 1 unspecified atom stereocenters. The third kappa shape index (κ3) is 9.35. The van der Waals surface area contributed by atoms with E-state index in [2.05, 4.69) is 12.2 Å².